The first kappa shape index (κ1) is 14.9. The number of ether oxygens (including phenoxy) is 1. The fourth-order valence-electron chi connectivity index (χ4n) is 2.77. The fraction of sp³-hybridized carbons (Fsp3) is 0.562. The molecule has 4 nitrogen and oxygen atoms in total. The lowest BCUT2D eigenvalue weighted by atomic mass is 9.92. The lowest BCUT2D eigenvalue weighted by Gasteiger charge is -2.30. The minimum Gasteiger partial charge on any atom is -0.382 e. The van der Waals surface area contributed by atoms with E-state index in [-0.39, 0.29) is 5.91 Å². The van der Waals surface area contributed by atoms with Crippen LogP contribution >= 0.6 is 0 Å². The molecule has 0 bridgehead atoms. The SMILES string of the molecule is COC1CCCC(Nc2cc(NC(C)=O)ccc2C)C1. The van der Waals surface area contributed by atoms with Crippen LogP contribution in [0.4, 0.5) is 11.4 Å². The highest BCUT2D eigenvalue weighted by Gasteiger charge is 2.21. The number of carbonyl (C=O) groups is 1. The number of methoxy groups -OCH3 is 1. The van der Waals surface area contributed by atoms with E-state index in [2.05, 4.69) is 17.6 Å². The van der Waals surface area contributed by atoms with Crippen LogP contribution in [0.1, 0.15) is 38.2 Å². The molecule has 1 fully saturated rings. The van der Waals surface area contributed by atoms with Gasteiger partial charge in [-0.05, 0) is 50.3 Å². The summed E-state index contributed by atoms with van der Waals surface area (Å²) in [5.41, 5.74) is 3.13. The average Bonchev–Trinajstić information content (AvgIpc) is 2.42. The largest absolute Gasteiger partial charge is 0.382 e. The number of amides is 1. The molecule has 110 valence electrons. The molecule has 2 unspecified atom stereocenters. The van der Waals surface area contributed by atoms with Crippen molar-refractivity contribution in [3.63, 3.8) is 0 Å². The summed E-state index contributed by atoms with van der Waals surface area (Å²) in [6.07, 6.45) is 4.92. The molecule has 20 heavy (non-hydrogen) atoms. The molecule has 0 spiro atoms. The number of hydrogen-bond donors (Lipinski definition) is 2. The monoisotopic (exact) mass is 276 g/mol. The van der Waals surface area contributed by atoms with Crippen molar-refractivity contribution in [2.24, 2.45) is 0 Å². The Kier molecular flexibility index (Phi) is 5.01. The zero-order valence-corrected chi connectivity index (χ0v) is 12.5. The number of aryl methyl sites for hydroxylation is 1. The summed E-state index contributed by atoms with van der Waals surface area (Å²) >= 11 is 0. The minimum atomic E-state index is -0.0445. The molecule has 2 rings (SSSR count). The summed E-state index contributed by atoms with van der Waals surface area (Å²) in [7, 11) is 1.79. The summed E-state index contributed by atoms with van der Waals surface area (Å²) in [6.45, 7) is 3.60. The molecule has 4 heteroatoms. The molecular formula is C16H24N2O2. The van der Waals surface area contributed by atoms with Crippen molar-refractivity contribution < 1.29 is 9.53 Å². The quantitative estimate of drug-likeness (QED) is 0.887. The maximum atomic E-state index is 11.1. The number of benzene rings is 1. The first-order valence-electron chi connectivity index (χ1n) is 7.26. The molecule has 1 amide bonds. The summed E-state index contributed by atoms with van der Waals surface area (Å²) in [5, 5.41) is 6.42. The zero-order valence-electron chi connectivity index (χ0n) is 12.5. The van der Waals surface area contributed by atoms with Gasteiger partial charge in [0.2, 0.25) is 5.91 Å². The van der Waals surface area contributed by atoms with Gasteiger partial charge in [-0.2, -0.15) is 0 Å². The van der Waals surface area contributed by atoms with Crippen molar-refractivity contribution in [3.05, 3.63) is 23.8 Å². The highest BCUT2D eigenvalue weighted by Crippen LogP contribution is 2.27. The minimum absolute atomic E-state index is 0.0445. The van der Waals surface area contributed by atoms with Gasteiger partial charge in [0.25, 0.3) is 0 Å². The van der Waals surface area contributed by atoms with Gasteiger partial charge in [0, 0.05) is 31.5 Å². The summed E-state index contributed by atoms with van der Waals surface area (Å²) in [6, 6.07) is 6.41. The maximum Gasteiger partial charge on any atom is 0.221 e. The molecule has 0 saturated heterocycles. The molecule has 0 aromatic heterocycles. The third kappa shape index (κ3) is 3.97. The Hall–Kier alpha value is -1.55. The second-order valence-electron chi connectivity index (χ2n) is 5.58. The first-order valence-corrected chi connectivity index (χ1v) is 7.26. The van der Waals surface area contributed by atoms with Crippen LogP contribution in [0.3, 0.4) is 0 Å². The Labute approximate surface area is 120 Å². The van der Waals surface area contributed by atoms with Crippen LogP contribution in [0.25, 0.3) is 0 Å². The molecule has 1 aromatic carbocycles. The Bertz CT molecular complexity index is 474. The average molecular weight is 276 g/mol. The molecule has 1 aliphatic rings. The molecule has 0 aliphatic heterocycles. The van der Waals surface area contributed by atoms with Crippen molar-refractivity contribution >= 4 is 17.3 Å². The second kappa shape index (κ2) is 6.75. The molecule has 1 aromatic rings. The third-order valence-electron chi connectivity index (χ3n) is 3.88. The van der Waals surface area contributed by atoms with Crippen LogP contribution in [-0.2, 0) is 9.53 Å². The number of anilines is 2. The van der Waals surface area contributed by atoms with Gasteiger partial charge in [-0.25, -0.2) is 0 Å². The smallest absolute Gasteiger partial charge is 0.221 e. The number of nitrogens with one attached hydrogen (secondary N) is 2. The standard InChI is InChI=1S/C16H24N2O2/c1-11-7-8-14(17-12(2)19)10-16(11)18-13-5-4-6-15(9-13)20-3/h7-8,10,13,15,18H,4-6,9H2,1-3H3,(H,17,19). The van der Waals surface area contributed by atoms with E-state index in [1.54, 1.807) is 7.11 Å². The Morgan fingerprint density at radius 1 is 1.35 bits per heavy atom. The summed E-state index contributed by atoms with van der Waals surface area (Å²) < 4.78 is 5.47. The van der Waals surface area contributed by atoms with Crippen LogP contribution in [0.2, 0.25) is 0 Å². The zero-order chi connectivity index (χ0) is 14.5. The van der Waals surface area contributed by atoms with Gasteiger partial charge >= 0.3 is 0 Å². The molecule has 0 radical (unpaired) electrons. The van der Waals surface area contributed by atoms with Crippen molar-refractivity contribution in [2.45, 2.75) is 51.7 Å². The van der Waals surface area contributed by atoms with Crippen molar-refractivity contribution in [2.75, 3.05) is 17.7 Å². The molecule has 1 aliphatic carbocycles. The maximum absolute atomic E-state index is 11.1. The molecule has 0 heterocycles. The van der Waals surface area contributed by atoms with E-state index in [9.17, 15) is 4.79 Å². The van der Waals surface area contributed by atoms with Crippen LogP contribution in [0.15, 0.2) is 18.2 Å². The predicted molar refractivity (Wildman–Crippen MR) is 82.2 cm³/mol. The van der Waals surface area contributed by atoms with Gasteiger partial charge in [0.05, 0.1) is 6.10 Å². The highest BCUT2D eigenvalue weighted by molar-refractivity contribution is 5.89. The van der Waals surface area contributed by atoms with Crippen molar-refractivity contribution in [1.29, 1.82) is 0 Å². The normalized spacial score (nSPS) is 22.4. The Balaban J connectivity index is 2.05. The van der Waals surface area contributed by atoms with E-state index in [1.165, 1.54) is 25.3 Å². The number of carbonyl (C=O) groups excluding carboxylic acids is 1. The van der Waals surface area contributed by atoms with Crippen LogP contribution in [0.5, 0.6) is 0 Å². The van der Waals surface area contributed by atoms with Gasteiger partial charge < -0.3 is 15.4 Å². The van der Waals surface area contributed by atoms with Crippen LogP contribution in [-0.4, -0.2) is 25.2 Å². The first-order chi connectivity index (χ1) is 9.58. The van der Waals surface area contributed by atoms with Gasteiger partial charge in [-0.15, -0.1) is 0 Å². The van der Waals surface area contributed by atoms with E-state index in [1.807, 2.05) is 18.2 Å². The molecular weight excluding hydrogens is 252 g/mol. The Morgan fingerprint density at radius 2 is 2.15 bits per heavy atom. The van der Waals surface area contributed by atoms with E-state index < -0.39 is 0 Å². The van der Waals surface area contributed by atoms with Crippen LogP contribution in [0, 0.1) is 6.92 Å². The van der Waals surface area contributed by atoms with Gasteiger partial charge in [0.1, 0.15) is 0 Å². The topological polar surface area (TPSA) is 50.4 Å². The third-order valence-corrected chi connectivity index (χ3v) is 3.88. The highest BCUT2D eigenvalue weighted by atomic mass is 16.5. The molecule has 2 N–H and O–H groups in total. The summed E-state index contributed by atoms with van der Waals surface area (Å²) in [4.78, 5) is 11.1. The lowest BCUT2D eigenvalue weighted by molar-refractivity contribution is -0.114. The predicted octanol–water partition coefficient (Wildman–Crippen LogP) is 3.32. The fourth-order valence-corrected chi connectivity index (χ4v) is 2.77. The van der Waals surface area contributed by atoms with Crippen molar-refractivity contribution in [1.82, 2.24) is 0 Å². The van der Waals surface area contributed by atoms with Gasteiger partial charge in [-0.3, -0.25) is 4.79 Å². The van der Waals surface area contributed by atoms with Gasteiger partial charge in [0.15, 0.2) is 0 Å². The van der Waals surface area contributed by atoms with Crippen molar-refractivity contribution in [3.8, 4) is 0 Å². The molecule has 1 saturated carbocycles. The second-order valence-corrected chi connectivity index (χ2v) is 5.58. The van der Waals surface area contributed by atoms with Crippen LogP contribution < -0.4 is 10.6 Å². The lowest BCUT2D eigenvalue weighted by Crippen LogP contribution is -2.31. The van der Waals surface area contributed by atoms with E-state index in [4.69, 9.17) is 4.74 Å². The number of hydrogen-bond acceptors (Lipinski definition) is 3. The molecule has 2 atom stereocenters. The van der Waals surface area contributed by atoms with E-state index in [0.717, 1.165) is 24.2 Å². The van der Waals surface area contributed by atoms with Gasteiger partial charge in [-0.1, -0.05) is 6.07 Å². The Morgan fingerprint density at radius 3 is 2.85 bits per heavy atom. The van der Waals surface area contributed by atoms with E-state index >= 15 is 0 Å². The van der Waals surface area contributed by atoms with E-state index in [0.29, 0.717) is 12.1 Å². The number of rotatable bonds is 4. The summed E-state index contributed by atoms with van der Waals surface area (Å²) in [5.74, 6) is -0.0445.